The third-order valence-corrected chi connectivity index (χ3v) is 3.50. The minimum atomic E-state index is -1.18. The normalized spacial score (nSPS) is 10.3. The largest absolute Gasteiger partial charge is 0.507 e. The van der Waals surface area contributed by atoms with Crippen LogP contribution >= 0.6 is 12.4 Å². The fraction of sp³-hybridized carbons (Fsp3) is 0.125. The van der Waals surface area contributed by atoms with E-state index in [0.29, 0.717) is 5.69 Å². The number of aromatic hydroxyl groups is 1. The molecule has 2 heterocycles. The van der Waals surface area contributed by atoms with Crippen molar-refractivity contribution in [1.29, 1.82) is 0 Å². The summed E-state index contributed by atoms with van der Waals surface area (Å²) in [7, 11) is 0. The molecule has 0 fully saturated rings. The number of fused-ring (bicyclic) bond motifs is 1. The van der Waals surface area contributed by atoms with Gasteiger partial charge >= 0.3 is 5.97 Å². The highest BCUT2D eigenvalue weighted by Gasteiger charge is 2.21. The second-order valence-electron chi connectivity index (χ2n) is 5.23. The first-order valence-electron chi connectivity index (χ1n) is 7.10. The van der Waals surface area contributed by atoms with E-state index in [9.17, 15) is 14.7 Å². The highest BCUT2D eigenvalue weighted by atomic mass is 35.5. The van der Waals surface area contributed by atoms with Gasteiger partial charge in [0.25, 0.3) is 5.91 Å². The molecule has 9 heteroatoms. The first-order chi connectivity index (χ1) is 11.5. The molecule has 0 radical (unpaired) electrons. The van der Waals surface area contributed by atoms with Gasteiger partial charge in [-0.3, -0.25) is 9.59 Å². The van der Waals surface area contributed by atoms with Gasteiger partial charge in [0.05, 0.1) is 5.69 Å². The third-order valence-electron chi connectivity index (χ3n) is 3.50. The molecule has 3 rings (SSSR count). The summed E-state index contributed by atoms with van der Waals surface area (Å²) in [6.07, 6.45) is 1.26. The number of aryl methyl sites for hydroxylation is 1. The SMILES string of the molecule is Cc1ccc(-c2cc(O)c(C(=O)NCC(=O)O)c3ncnn23)cc1.Cl. The van der Waals surface area contributed by atoms with E-state index >= 15 is 0 Å². The summed E-state index contributed by atoms with van der Waals surface area (Å²) in [6, 6.07) is 8.98. The Bertz CT molecular complexity index is 937. The van der Waals surface area contributed by atoms with Crippen molar-refractivity contribution in [1.82, 2.24) is 19.9 Å². The number of carboxylic acid groups (broad SMARTS) is 1. The third kappa shape index (κ3) is 3.53. The number of benzene rings is 1. The fourth-order valence-corrected chi connectivity index (χ4v) is 2.36. The van der Waals surface area contributed by atoms with E-state index < -0.39 is 18.4 Å². The molecule has 0 aliphatic carbocycles. The van der Waals surface area contributed by atoms with Gasteiger partial charge in [0.15, 0.2) is 5.65 Å². The van der Waals surface area contributed by atoms with Gasteiger partial charge in [0, 0.05) is 11.6 Å². The molecule has 0 unspecified atom stereocenters. The number of nitrogens with one attached hydrogen (secondary N) is 1. The van der Waals surface area contributed by atoms with Crippen LogP contribution in [0.2, 0.25) is 0 Å². The number of carboxylic acids is 1. The first kappa shape index (κ1) is 18.2. The number of halogens is 1. The molecule has 0 aliphatic rings. The predicted molar refractivity (Wildman–Crippen MR) is 92.0 cm³/mol. The molecule has 2 aromatic heterocycles. The van der Waals surface area contributed by atoms with Crippen LogP contribution < -0.4 is 5.32 Å². The standard InChI is InChI=1S/C16H14N4O4.ClH/c1-9-2-4-10(5-3-9)11-6-12(21)14(15-18-8-19-20(11)15)16(24)17-7-13(22)23;/h2-6,8,21H,7H2,1H3,(H,17,24)(H,22,23);1H. The minimum absolute atomic E-state index is 0. The van der Waals surface area contributed by atoms with Crippen molar-refractivity contribution in [2.45, 2.75) is 6.92 Å². The Labute approximate surface area is 148 Å². The highest BCUT2D eigenvalue weighted by Crippen LogP contribution is 2.29. The van der Waals surface area contributed by atoms with Crippen molar-refractivity contribution in [3.05, 3.63) is 47.8 Å². The number of rotatable bonds is 4. The fourth-order valence-electron chi connectivity index (χ4n) is 2.36. The van der Waals surface area contributed by atoms with Gasteiger partial charge in [-0.1, -0.05) is 29.8 Å². The maximum absolute atomic E-state index is 12.2. The van der Waals surface area contributed by atoms with Crippen LogP contribution in [0.25, 0.3) is 16.9 Å². The Morgan fingerprint density at radius 2 is 1.92 bits per heavy atom. The molecule has 1 amide bonds. The highest BCUT2D eigenvalue weighted by molar-refractivity contribution is 6.03. The van der Waals surface area contributed by atoms with Gasteiger partial charge in [0.1, 0.15) is 24.2 Å². The number of aliphatic carboxylic acids is 1. The van der Waals surface area contributed by atoms with Crippen molar-refractivity contribution in [2.24, 2.45) is 0 Å². The number of carbonyl (C=O) groups excluding carboxylic acids is 1. The van der Waals surface area contributed by atoms with Gasteiger partial charge in [-0.25, -0.2) is 9.50 Å². The van der Waals surface area contributed by atoms with Crippen LogP contribution in [0.4, 0.5) is 0 Å². The zero-order valence-corrected chi connectivity index (χ0v) is 13.9. The van der Waals surface area contributed by atoms with Gasteiger partial charge in [-0.05, 0) is 6.92 Å². The Kier molecular flexibility index (Phi) is 5.23. The molecule has 8 nitrogen and oxygen atoms in total. The summed E-state index contributed by atoms with van der Waals surface area (Å²) in [5.41, 5.74) is 2.47. The molecule has 0 bridgehead atoms. The van der Waals surface area contributed by atoms with Gasteiger partial charge in [0.2, 0.25) is 0 Å². The van der Waals surface area contributed by atoms with Crippen LogP contribution in [-0.2, 0) is 4.79 Å². The topological polar surface area (TPSA) is 117 Å². The molecular weight excluding hydrogens is 348 g/mol. The molecule has 0 saturated heterocycles. The van der Waals surface area contributed by atoms with E-state index in [-0.39, 0.29) is 29.4 Å². The Morgan fingerprint density at radius 1 is 1.24 bits per heavy atom. The molecule has 0 aliphatic heterocycles. The average Bonchev–Trinajstić information content (AvgIpc) is 3.02. The molecule has 25 heavy (non-hydrogen) atoms. The van der Waals surface area contributed by atoms with Gasteiger partial charge in [-0.2, -0.15) is 5.10 Å². The molecule has 3 aromatic rings. The maximum atomic E-state index is 12.2. The minimum Gasteiger partial charge on any atom is -0.507 e. The van der Waals surface area contributed by atoms with Crippen molar-refractivity contribution in [3.8, 4) is 17.0 Å². The van der Waals surface area contributed by atoms with Crippen LogP contribution in [0.1, 0.15) is 15.9 Å². The van der Waals surface area contributed by atoms with Crippen molar-refractivity contribution >= 4 is 29.9 Å². The Balaban J connectivity index is 0.00000225. The smallest absolute Gasteiger partial charge is 0.322 e. The zero-order chi connectivity index (χ0) is 17.3. The summed E-state index contributed by atoms with van der Waals surface area (Å²) < 4.78 is 1.43. The number of aromatic nitrogens is 3. The van der Waals surface area contributed by atoms with Crippen molar-refractivity contribution < 1.29 is 19.8 Å². The van der Waals surface area contributed by atoms with Gasteiger partial charge in [-0.15, -0.1) is 12.4 Å². The number of hydrogen-bond acceptors (Lipinski definition) is 5. The van der Waals surface area contributed by atoms with Crippen LogP contribution in [0.15, 0.2) is 36.7 Å². The number of pyridine rings is 1. The van der Waals surface area contributed by atoms with E-state index in [0.717, 1.165) is 11.1 Å². The van der Waals surface area contributed by atoms with Crippen LogP contribution in [-0.4, -0.2) is 43.2 Å². The second kappa shape index (κ2) is 7.18. The molecule has 130 valence electrons. The molecule has 0 spiro atoms. The molecular formula is C16H15ClN4O4. The maximum Gasteiger partial charge on any atom is 0.322 e. The van der Waals surface area contributed by atoms with Crippen LogP contribution in [0.3, 0.4) is 0 Å². The Hall–Kier alpha value is -3.13. The quantitative estimate of drug-likeness (QED) is 0.649. The van der Waals surface area contributed by atoms with E-state index in [1.54, 1.807) is 0 Å². The summed E-state index contributed by atoms with van der Waals surface area (Å²) >= 11 is 0. The molecule has 0 atom stereocenters. The second-order valence-corrected chi connectivity index (χ2v) is 5.23. The van der Waals surface area contributed by atoms with Crippen molar-refractivity contribution in [2.75, 3.05) is 6.54 Å². The lowest BCUT2D eigenvalue weighted by molar-refractivity contribution is -0.135. The van der Waals surface area contributed by atoms with E-state index in [1.165, 1.54) is 16.9 Å². The zero-order valence-electron chi connectivity index (χ0n) is 13.1. The van der Waals surface area contributed by atoms with E-state index in [1.807, 2.05) is 31.2 Å². The summed E-state index contributed by atoms with van der Waals surface area (Å²) in [4.78, 5) is 26.8. The van der Waals surface area contributed by atoms with E-state index in [4.69, 9.17) is 5.11 Å². The average molecular weight is 363 g/mol. The number of carbonyl (C=O) groups is 2. The summed E-state index contributed by atoms with van der Waals surface area (Å²) in [5.74, 6) is -2.21. The van der Waals surface area contributed by atoms with Crippen LogP contribution in [0.5, 0.6) is 5.75 Å². The Morgan fingerprint density at radius 3 is 2.56 bits per heavy atom. The number of nitrogens with zero attached hydrogens (tertiary/aromatic N) is 3. The summed E-state index contributed by atoms with van der Waals surface area (Å²) in [5, 5.41) is 25.2. The summed E-state index contributed by atoms with van der Waals surface area (Å²) in [6.45, 7) is 1.40. The molecule has 0 saturated carbocycles. The first-order valence-corrected chi connectivity index (χ1v) is 7.10. The molecule has 3 N–H and O–H groups in total. The van der Waals surface area contributed by atoms with Crippen molar-refractivity contribution in [3.63, 3.8) is 0 Å². The van der Waals surface area contributed by atoms with Crippen LogP contribution in [0, 0.1) is 6.92 Å². The number of amides is 1. The predicted octanol–water partition coefficient (Wildman–Crippen LogP) is 1.65. The van der Waals surface area contributed by atoms with E-state index in [2.05, 4.69) is 15.4 Å². The lowest BCUT2D eigenvalue weighted by Crippen LogP contribution is -2.29. The monoisotopic (exact) mass is 362 g/mol. The lowest BCUT2D eigenvalue weighted by Gasteiger charge is -2.11. The van der Waals surface area contributed by atoms with Gasteiger partial charge < -0.3 is 15.5 Å². The number of hydrogen-bond donors (Lipinski definition) is 3. The lowest BCUT2D eigenvalue weighted by atomic mass is 10.1. The molecule has 1 aromatic carbocycles.